The van der Waals surface area contributed by atoms with Gasteiger partial charge in [0.25, 0.3) is 0 Å². The maximum absolute atomic E-state index is 8.68. The van der Waals surface area contributed by atoms with Crippen LogP contribution in [0, 0.1) is 33.5 Å². The summed E-state index contributed by atoms with van der Waals surface area (Å²) in [4.78, 5) is 0. The van der Waals surface area contributed by atoms with E-state index in [0.717, 1.165) is 0 Å². The first kappa shape index (κ1) is 8.89. The maximum atomic E-state index is 8.68. The molecule has 0 atom stereocenters. The fourth-order valence-corrected chi connectivity index (χ4v) is 1.01. The van der Waals surface area contributed by atoms with Crippen LogP contribution in [0.25, 0.3) is 0 Å². The number of allylic oxidation sites excluding steroid dienone is 4. The van der Waals surface area contributed by atoms with Crippen LogP contribution in [0.2, 0.25) is 0 Å². The van der Waals surface area contributed by atoms with E-state index < -0.39 is 0 Å². The molecule has 13 heavy (non-hydrogen) atoms. The van der Waals surface area contributed by atoms with Crippen LogP contribution in [0.15, 0.2) is 22.8 Å². The van der Waals surface area contributed by atoms with Gasteiger partial charge in [0, 0.05) is 0 Å². The monoisotopic (exact) mass is 170 g/mol. The van der Waals surface area contributed by atoms with Gasteiger partial charge in [-0.3, -0.25) is 5.41 Å². The van der Waals surface area contributed by atoms with Gasteiger partial charge in [-0.05, 0) is 18.6 Å². The minimum absolute atomic E-state index is 0.0761. The number of hydrogen-bond acceptors (Lipinski definition) is 4. The second kappa shape index (κ2) is 3.04. The molecule has 0 radical (unpaired) electrons. The maximum Gasteiger partial charge on any atom is 0.102 e. The SMILES string of the molecule is CC1=C(C#N)C(=N)C(C#N)=CC1=N. The molecule has 4 nitrogen and oxygen atoms in total. The Hall–Kier alpha value is -2.20. The molecule has 0 fully saturated rings. The molecule has 1 aliphatic rings. The Bertz CT molecular complexity index is 437. The van der Waals surface area contributed by atoms with Crippen molar-refractivity contribution in [2.75, 3.05) is 0 Å². The number of nitrogens with one attached hydrogen (secondary N) is 2. The van der Waals surface area contributed by atoms with Gasteiger partial charge in [0.05, 0.1) is 22.6 Å². The van der Waals surface area contributed by atoms with Gasteiger partial charge in [0.15, 0.2) is 0 Å². The molecular weight excluding hydrogens is 164 g/mol. The van der Waals surface area contributed by atoms with E-state index in [4.69, 9.17) is 21.3 Å². The van der Waals surface area contributed by atoms with Gasteiger partial charge in [0.2, 0.25) is 0 Å². The summed E-state index contributed by atoms with van der Waals surface area (Å²) < 4.78 is 0. The van der Waals surface area contributed by atoms with Crippen LogP contribution in [0.5, 0.6) is 0 Å². The third-order valence-corrected chi connectivity index (χ3v) is 1.82. The second-order valence-electron chi connectivity index (χ2n) is 2.57. The highest BCUT2D eigenvalue weighted by molar-refractivity contribution is 6.27. The zero-order valence-corrected chi connectivity index (χ0v) is 6.97. The summed E-state index contributed by atoms with van der Waals surface area (Å²) in [6, 6.07) is 3.60. The normalized spacial score (nSPS) is 16.4. The Labute approximate surface area is 75.4 Å². The molecule has 4 heteroatoms. The van der Waals surface area contributed by atoms with E-state index in [9.17, 15) is 0 Å². The van der Waals surface area contributed by atoms with Crippen LogP contribution < -0.4 is 0 Å². The minimum Gasteiger partial charge on any atom is -0.301 e. The average Bonchev–Trinajstić information content (AvgIpc) is 2.12. The molecule has 0 aromatic carbocycles. The van der Waals surface area contributed by atoms with Crippen molar-refractivity contribution in [1.29, 1.82) is 21.3 Å². The number of nitriles is 2. The largest absolute Gasteiger partial charge is 0.301 e. The number of nitrogens with zero attached hydrogens (tertiary/aromatic N) is 2. The first-order chi connectivity index (χ1) is 6.11. The first-order valence-electron chi connectivity index (χ1n) is 3.52. The topological polar surface area (TPSA) is 95.3 Å². The zero-order chi connectivity index (χ0) is 10.0. The van der Waals surface area contributed by atoms with Crippen molar-refractivity contribution in [3.05, 3.63) is 22.8 Å². The van der Waals surface area contributed by atoms with Gasteiger partial charge < -0.3 is 5.41 Å². The smallest absolute Gasteiger partial charge is 0.102 e. The van der Waals surface area contributed by atoms with E-state index in [-0.39, 0.29) is 22.6 Å². The first-order valence-corrected chi connectivity index (χ1v) is 3.52. The predicted octanol–water partition coefficient (Wildman–Crippen LogP) is 1.33. The zero-order valence-electron chi connectivity index (χ0n) is 6.97. The summed E-state index contributed by atoms with van der Waals surface area (Å²) in [6.45, 7) is 1.60. The predicted molar refractivity (Wildman–Crippen MR) is 47.5 cm³/mol. The highest BCUT2D eigenvalue weighted by Gasteiger charge is 2.20. The van der Waals surface area contributed by atoms with Crippen molar-refractivity contribution >= 4 is 11.4 Å². The van der Waals surface area contributed by atoms with E-state index in [2.05, 4.69) is 0 Å². The molecule has 0 saturated carbocycles. The lowest BCUT2D eigenvalue weighted by Gasteiger charge is -2.11. The molecule has 0 aromatic heterocycles. The number of hydrogen-bond donors (Lipinski definition) is 2. The lowest BCUT2D eigenvalue weighted by molar-refractivity contribution is 1.36. The standard InChI is InChI=1S/C9H6N4/c1-5-7(4-11)9(13)6(3-10)2-8(5)12/h2,12-13H,1H3. The minimum atomic E-state index is -0.0847. The highest BCUT2D eigenvalue weighted by atomic mass is 14.5. The van der Waals surface area contributed by atoms with Gasteiger partial charge in [-0.25, -0.2) is 0 Å². The quantitative estimate of drug-likeness (QED) is 0.536. The third kappa shape index (κ3) is 1.25. The van der Waals surface area contributed by atoms with E-state index in [1.807, 2.05) is 6.07 Å². The summed E-state index contributed by atoms with van der Waals surface area (Å²) in [5.41, 5.74) is 0.685. The van der Waals surface area contributed by atoms with Crippen molar-refractivity contribution < 1.29 is 0 Å². The van der Waals surface area contributed by atoms with Gasteiger partial charge >= 0.3 is 0 Å². The molecule has 0 aliphatic heterocycles. The third-order valence-electron chi connectivity index (χ3n) is 1.82. The van der Waals surface area contributed by atoms with Crippen molar-refractivity contribution in [3.8, 4) is 12.1 Å². The molecule has 0 unspecified atom stereocenters. The molecule has 0 saturated heterocycles. The fourth-order valence-electron chi connectivity index (χ4n) is 1.01. The van der Waals surface area contributed by atoms with Crippen LogP contribution >= 0.6 is 0 Å². The van der Waals surface area contributed by atoms with Crippen LogP contribution in [-0.2, 0) is 0 Å². The molecule has 0 spiro atoms. The lowest BCUT2D eigenvalue weighted by Crippen LogP contribution is -2.15. The van der Waals surface area contributed by atoms with Crippen molar-refractivity contribution in [2.45, 2.75) is 6.92 Å². The summed E-state index contributed by atoms with van der Waals surface area (Å²) in [5.74, 6) is 0. The van der Waals surface area contributed by atoms with Crippen LogP contribution in [0.1, 0.15) is 6.92 Å². The molecule has 62 valence electrons. The van der Waals surface area contributed by atoms with Crippen LogP contribution in [0.3, 0.4) is 0 Å². The Morgan fingerprint density at radius 1 is 1.23 bits per heavy atom. The Balaban J connectivity index is 3.34. The molecule has 0 heterocycles. The highest BCUT2D eigenvalue weighted by Crippen LogP contribution is 2.18. The molecular formula is C9H6N4. The van der Waals surface area contributed by atoms with Crippen LogP contribution in [0.4, 0.5) is 0 Å². The molecule has 1 aliphatic carbocycles. The summed E-state index contributed by atoms with van der Waals surface area (Å²) >= 11 is 0. The molecule has 0 bridgehead atoms. The molecule has 0 amide bonds. The fraction of sp³-hybridized carbons (Fsp3) is 0.111. The van der Waals surface area contributed by atoms with E-state index in [1.165, 1.54) is 6.08 Å². The van der Waals surface area contributed by atoms with Crippen LogP contribution in [-0.4, -0.2) is 11.4 Å². The summed E-state index contributed by atoms with van der Waals surface area (Å²) in [6.07, 6.45) is 1.30. The van der Waals surface area contributed by atoms with Crippen molar-refractivity contribution in [2.24, 2.45) is 0 Å². The van der Waals surface area contributed by atoms with Gasteiger partial charge in [0.1, 0.15) is 12.1 Å². The van der Waals surface area contributed by atoms with Gasteiger partial charge in [-0.2, -0.15) is 10.5 Å². The molecule has 1 rings (SSSR count). The van der Waals surface area contributed by atoms with Gasteiger partial charge in [-0.15, -0.1) is 0 Å². The summed E-state index contributed by atoms with van der Waals surface area (Å²) in [5, 5.41) is 32.1. The molecule has 0 aromatic rings. The van der Waals surface area contributed by atoms with E-state index in [0.29, 0.717) is 5.57 Å². The summed E-state index contributed by atoms with van der Waals surface area (Å²) in [7, 11) is 0. The van der Waals surface area contributed by atoms with Crippen molar-refractivity contribution in [3.63, 3.8) is 0 Å². The second-order valence-corrected chi connectivity index (χ2v) is 2.57. The Morgan fingerprint density at radius 2 is 1.85 bits per heavy atom. The van der Waals surface area contributed by atoms with Crippen molar-refractivity contribution in [1.82, 2.24) is 0 Å². The van der Waals surface area contributed by atoms with E-state index >= 15 is 0 Å². The Morgan fingerprint density at radius 3 is 2.31 bits per heavy atom. The van der Waals surface area contributed by atoms with E-state index in [1.54, 1.807) is 13.0 Å². The number of rotatable bonds is 0. The lowest BCUT2D eigenvalue weighted by atomic mass is 9.91. The van der Waals surface area contributed by atoms with Gasteiger partial charge in [-0.1, -0.05) is 0 Å². The Kier molecular flexibility index (Phi) is 2.08. The average molecular weight is 170 g/mol. The molecule has 2 N–H and O–H groups in total.